The van der Waals surface area contributed by atoms with Gasteiger partial charge in [-0.25, -0.2) is 10.1 Å². The summed E-state index contributed by atoms with van der Waals surface area (Å²) in [4.78, 5) is 27.1. The third-order valence-electron chi connectivity index (χ3n) is 4.56. The number of amides is 1. The number of halogens is 1. The number of nitrogens with one attached hydrogen (secondary N) is 1. The summed E-state index contributed by atoms with van der Waals surface area (Å²) in [6.45, 7) is 0.402. The zero-order valence-corrected chi connectivity index (χ0v) is 15.2. The Bertz CT molecular complexity index is 928. The number of piperidine rings is 1. The minimum Gasteiger partial charge on any atom is -0.326 e. The van der Waals surface area contributed by atoms with Crippen molar-refractivity contribution >= 4 is 23.5 Å². The van der Waals surface area contributed by atoms with Crippen molar-refractivity contribution < 1.29 is 4.79 Å². The molecule has 1 amide bonds. The highest BCUT2D eigenvalue weighted by molar-refractivity contribution is 6.29. The molecule has 1 unspecified atom stereocenters. The quantitative estimate of drug-likeness (QED) is 0.664. The summed E-state index contributed by atoms with van der Waals surface area (Å²) in [7, 11) is 0. The number of H-pyrrole nitrogens is 1. The smallest absolute Gasteiger partial charge is 0.232 e. The number of hydrogen-bond acceptors (Lipinski definition) is 6. The second-order valence-corrected chi connectivity index (χ2v) is 6.94. The van der Waals surface area contributed by atoms with Crippen LogP contribution in [0.25, 0.3) is 11.4 Å². The highest BCUT2D eigenvalue weighted by atomic mass is 35.5. The van der Waals surface area contributed by atoms with Gasteiger partial charge in [0, 0.05) is 42.7 Å². The molecule has 0 spiro atoms. The molecule has 0 bridgehead atoms. The molecule has 138 valence electrons. The number of nitrogens with zero attached hydrogens (tertiary/aromatic N) is 5. The van der Waals surface area contributed by atoms with Crippen molar-refractivity contribution in [1.82, 2.24) is 25.1 Å². The van der Waals surface area contributed by atoms with Crippen molar-refractivity contribution in [1.29, 1.82) is 0 Å². The molecule has 1 aliphatic rings. The van der Waals surface area contributed by atoms with Gasteiger partial charge in [-0.2, -0.15) is 10.1 Å². The molecule has 9 heteroatoms. The predicted octanol–water partition coefficient (Wildman–Crippen LogP) is 1.84. The Labute approximate surface area is 160 Å². The first-order valence-corrected chi connectivity index (χ1v) is 8.98. The maximum atomic E-state index is 13.0. The van der Waals surface area contributed by atoms with E-state index in [1.807, 2.05) is 18.2 Å². The van der Waals surface area contributed by atoms with Gasteiger partial charge >= 0.3 is 0 Å². The number of pyridine rings is 2. The van der Waals surface area contributed by atoms with Crippen LogP contribution in [-0.2, 0) is 11.2 Å². The van der Waals surface area contributed by atoms with Gasteiger partial charge in [0.05, 0.1) is 0 Å². The normalized spacial score (nSPS) is 20.1. The van der Waals surface area contributed by atoms with Crippen LogP contribution in [-0.4, -0.2) is 43.6 Å². The fourth-order valence-electron chi connectivity index (χ4n) is 3.26. The molecule has 4 rings (SSSR count). The third-order valence-corrected chi connectivity index (χ3v) is 4.78. The van der Waals surface area contributed by atoms with Crippen molar-refractivity contribution in [3.8, 4) is 11.4 Å². The molecule has 8 nitrogen and oxygen atoms in total. The fraction of sp³-hybridized carbons (Fsp3) is 0.278. The van der Waals surface area contributed by atoms with E-state index in [1.165, 1.54) is 0 Å². The molecular formula is C18H18ClN7O. The topological polar surface area (TPSA) is 114 Å². The van der Waals surface area contributed by atoms with Crippen molar-refractivity contribution in [3.63, 3.8) is 0 Å². The predicted molar refractivity (Wildman–Crippen MR) is 101 cm³/mol. The molecule has 0 aliphatic carbocycles. The van der Waals surface area contributed by atoms with E-state index in [9.17, 15) is 4.79 Å². The van der Waals surface area contributed by atoms with E-state index in [0.717, 1.165) is 11.1 Å². The van der Waals surface area contributed by atoms with E-state index in [4.69, 9.17) is 17.3 Å². The zero-order valence-electron chi connectivity index (χ0n) is 14.4. The molecule has 0 aromatic carbocycles. The standard InChI is InChI=1S/C18H18ClN7O/c19-15-2-1-11(9-22-15)7-13-8-14(20)10-26(17(13)27)18-23-16(24-25-18)12-3-5-21-6-4-12/h1-6,9,13-14H,7-8,10,20H2,(H,23,24,25)/t13?,14-/m0/s1. The molecule has 1 fully saturated rings. The maximum Gasteiger partial charge on any atom is 0.232 e. The lowest BCUT2D eigenvalue weighted by atomic mass is 9.89. The fourth-order valence-corrected chi connectivity index (χ4v) is 3.37. The molecule has 3 aromatic heterocycles. The summed E-state index contributed by atoms with van der Waals surface area (Å²) in [5.74, 6) is 0.647. The lowest BCUT2D eigenvalue weighted by Gasteiger charge is -2.34. The van der Waals surface area contributed by atoms with Gasteiger partial charge in [-0.3, -0.25) is 14.7 Å². The average Bonchev–Trinajstić information content (AvgIpc) is 3.17. The van der Waals surface area contributed by atoms with Crippen LogP contribution >= 0.6 is 11.6 Å². The van der Waals surface area contributed by atoms with Crippen LogP contribution in [0, 0.1) is 5.92 Å². The average molecular weight is 384 g/mol. The van der Waals surface area contributed by atoms with Gasteiger partial charge in [-0.05, 0) is 36.6 Å². The van der Waals surface area contributed by atoms with Crippen LogP contribution in [0.5, 0.6) is 0 Å². The first-order chi connectivity index (χ1) is 13.1. The van der Waals surface area contributed by atoms with Crippen molar-refractivity contribution in [2.75, 3.05) is 11.4 Å². The Morgan fingerprint density at radius 1 is 1.26 bits per heavy atom. The van der Waals surface area contributed by atoms with Crippen LogP contribution in [0.3, 0.4) is 0 Å². The second kappa shape index (κ2) is 7.42. The molecule has 1 saturated heterocycles. The van der Waals surface area contributed by atoms with Gasteiger partial charge in [-0.1, -0.05) is 17.7 Å². The molecule has 1 aliphatic heterocycles. The van der Waals surface area contributed by atoms with Gasteiger partial charge in [0.25, 0.3) is 0 Å². The van der Waals surface area contributed by atoms with Crippen LogP contribution in [0.2, 0.25) is 5.15 Å². The van der Waals surface area contributed by atoms with Gasteiger partial charge in [0.1, 0.15) is 5.15 Å². The Morgan fingerprint density at radius 2 is 2.07 bits per heavy atom. The summed E-state index contributed by atoms with van der Waals surface area (Å²) < 4.78 is 0. The van der Waals surface area contributed by atoms with E-state index in [2.05, 4.69) is 25.1 Å². The van der Waals surface area contributed by atoms with Gasteiger partial charge in [-0.15, -0.1) is 0 Å². The van der Waals surface area contributed by atoms with Crippen molar-refractivity contribution in [2.24, 2.45) is 11.7 Å². The Balaban J connectivity index is 1.55. The summed E-state index contributed by atoms with van der Waals surface area (Å²) in [6, 6.07) is 7.09. The minimum atomic E-state index is -0.244. The number of rotatable bonds is 4. The van der Waals surface area contributed by atoms with Crippen molar-refractivity contribution in [2.45, 2.75) is 18.9 Å². The van der Waals surface area contributed by atoms with E-state index in [0.29, 0.717) is 36.3 Å². The van der Waals surface area contributed by atoms with E-state index in [1.54, 1.807) is 29.6 Å². The lowest BCUT2D eigenvalue weighted by molar-refractivity contribution is -0.124. The maximum absolute atomic E-state index is 13.0. The molecule has 27 heavy (non-hydrogen) atoms. The van der Waals surface area contributed by atoms with E-state index >= 15 is 0 Å². The van der Waals surface area contributed by atoms with Crippen molar-refractivity contribution in [3.05, 3.63) is 53.6 Å². The summed E-state index contributed by atoms with van der Waals surface area (Å²) in [5, 5.41) is 7.50. The molecule has 2 atom stereocenters. The molecule has 4 heterocycles. The largest absolute Gasteiger partial charge is 0.326 e. The summed E-state index contributed by atoms with van der Waals surface area (Å²) in [5.41, 5.74) is 7.98. The molecule has 3 N–H and O–H groups in total. The van der Waals surface area contributed by atoms with E-state index in [-0.39, 0.29) is 17.9 Å². The first kappa shape index (κ1) is 17.6. The monoisotopic (exact) mass is 383 g/mol. The Kier molecular flexibility index (Phi) is 4.83. The Morgan fingerprint density at radius 3 is 2.81 bits per heavy atom. The third kappa shape index (κ3) is 3.81. The number of nitrogens with two attached hydrogens (primary N) is 1. The van der Waals surface area contributed by atoms with E-state index < -0.39 is 0 Å². The minimum absolute atomic E-state index is 0.0240. The number of carbonyl (C=O) groups is 1. The number of carbonyl (C=O) groups excluding carboxylic acids is 1. The number of anilines is 1. The summed E-state index contributed by atoms with van der Waals surface area (Å²) in [6.07, 6.45) is 6.20. The SMILES string of the molecule is N[C@H]1CC(Cc2ccc(Cl)nc2)C(=O)N(c2nc(-c3ccncc3)n[nH]2)C1. The van der Waals surface area contributed by atoms with Crippen LogP contribution < -0.4 is 10.6 Å². The van der Waals surface area contributed by atoms with Crippen LogP contribution in [0.15, 0.2) is 42.9 Å². The lowest BCUT2D eigenvalue weighted by Crippen LogP contribution is -2.51. The molecule has 3 aromatic rings. The molecule has 0 saturated carbocycles. The number of hydrogen-bond donors (Lipinski definition) is 2. The highest BCUT2D eigenvalue weighted by Gasteiger charge is 2.35. The van der Waals surface area contributed by atoms with Crippen LogP contribution in [0.1, 0.15) is 12.0 Å². The molecule has 0 radical (unpaired) electrons. The first-order valence-electron chi connectivity index (χ1n) is 8.60. The second-order valence-electron chi connectivity index (χ2n) is 6.55. The van der Waals surface area contributed by atoms with Crippen LogP contribution in [0.4, 0.5) is 5.95 Å². The molecular weight excluding hydrogens is 366 g/mol. The Hall–Kier alpha value is -2.84. The number of aromatic nitrogens is 5. The highest BCUT2D eigenvalue weighted by Crippen LogP contribution is 2.26. The number of aromatic amines is 1. The zero-order chi connectivity index (χ0) is 18.8. The van der Waals surface area contributed by atoms with Gasteiger partial charge in [0.15, 0.2) is 5.82 Å². The van der Waals surface area contributed by atoms with Gasteiger partial charge in [0.2, 0.25) is 11.9 Å². The van der Waals surface area contributed by atoms with Gasteiger partial charge < -0.3 is 5.73 Å². The summed E-state index contributed by atoms with van der Waals surface area (Å²) >= 11 is 5.83.